The van der Waals surface area contributed by atoms with Crippen LogP contribution in [-0.4, -0.2) is 51.4 Å². The van der Waals surface area contributed by atoms with Crippen molar-refractivity contribution in [3.05, 3.63) is 48.2 Å². The Bertz CT molecular complexity index is 800. The number of aliphatic imine (C=N–C) groups is 1. The van der Waals surface area contributed by atoms with E-state index in [2.05, 4.69) is 61.3 Å². The summed E-state index contributed by atoms with van der Waals surface area (Å²) >= 11 is 0. The summed E-state index contributed by atoms with van der Waals surface area (Å²) in [7, 11) is 1.96. The molecule has 28 heavy (non-hydrogen) atoms. The fourth-order valence-electron chi connectivity index (χ4n) is 3.15. The molecule has 2 aromatic rings. The molecule has 0 atom stereocenters. The van der Waals surface area contributed by atoms with Crippen molar-refractivity contribution in [1.29, 1.82) is 0 Å². The maximum atomic E-state index is 4.68. The van der Waals surface area contributed by atoms with E-state index in [1.54, 1.807) is 0 Å². The summed E-state index contributed by atoms with van der Waals surface area (Å²) in [4.78, 5) is 11.6. The minimum atomic E-state index is 0.374. The van der Waals surface area contributed by atoms with Crippen LogP contribution in [0.5, 0.6) is 0 Å². The number of anilines is 1. The van der Waals surface area contributed by atoms with Crippen LogP contribution >= 0.6 is 0 Å². The lowest BCUT2D eigenvalue weighted by Gasteiger charge is -2.33. The Morgan fingerprint density at radius 3 is 2.68 bits per heavy atom. The van der Waals surface area contributed by atoms with E-state index in [1.807, 2.05) is 30.8 Å². The highest BCUT2D eigenvalue weighted by Crippen LogP contribution is 2.18. The quantitative estimate of drug-likeness (QED) is 0.450. The molecule has 3 rings (SSSR count). The van der Waals surface area contributed by atoms with Gasteiger partial charge < -0.3 is 20.1 Å². The number of aryl methyl sites for hydroxylation is 2. The third kappa shape index (κ3) is 5.09. The van der Waals surface area contributed by atoms with Crippen LogP contribution in [0.4, 0.5) is 5.82 Å². The number of pyridine rings is 1. The van der Waals surface area contributed by atoms with Gasteiger partial charge in [-0.25, -0.2) is 9.98 Å². The molecule has 1 aliphatic rings. The Balaban J connectivity index is 1.57. The molecule has 1 fully saturated rings. The van der Waals surface area contributed by atoms with Gasteiger partial charge in [-0.05, 0) is 38.3 Å². The van der Waals surface area contributed by atoms with Crippen molar-refractivity contribution in [3.8, 4) is 0 Å². The number of hydrogen-bond acceptors (Lipinski definition) is 5. The van der Waals surface area contributed by atoms with E-state index >= 15 is 0 Å². The zero-order chi connectivity index (χ0) is 19.9. The van der Waals surface area contributed by atoms with Crippen molar-refractivity contribution in [2.45, 2.75) is 39.3 Å². The Labute approximate surface area is 166 Å². The van der Waals surface area contributed by atoms with E-state index in [0.29, 0.717) is 19.1 Å². The second kappa shape index (κ2) is 9.34. The van der Waals surface area contributed by atoms with E-state index in [1.165, 1.54) is 5.56 Å². The van der Waals surface area contributed by atoms with Gasteiger partial charge in [0.15, 0.2) is 11.8 Å². The zero-order valence-electron chi connectivity index (χ0n) is 17.0. The topological polar surface area (TPSA) is 83.3 Å². The first-order valence-corrected chi connectivity index (χ1v) is 9.75. The minimum Gasteiger partial charge on any atom is -0.356 e. The van der Waals surface area contributed by atoms with Gasteiger partial charge in [0.25, 0.3) is 0 Å². The highest BCUT2D eigenvalue weighted by molar-refractivity contribution is 5.80. The summed E-state index contributed by atoms with van der Waals surface area (Å²) in [6, 6.07) is 4.59. The summed E-state index contributed by atoms with van der Waals surface area (Å²) < 4.78 is 1.96. The second-order valence-electron chi connectivity index (χ2n) is 7.16. The van der Waals surface area contributed by atoms with E-state index < -0.39 is 0 Å². The van der Waals surface area contributed by atoms with E-state index in [-0.39, 0.29) is 0 Å². The van der Waals surface area contributed by atoms with Crippen molar-refractivity contribution < 1.29 is 0 Å². The number of nitrogens with zero attached hydrogens (tertiary/aromatic N) is 6. The highest BCUT2D eigenvalue weighted by Gasteiger charge is 2.21. The number of nitrogens with one attached hydrogen (secondary N) is 2. The molecule has 2 aromatic heterocycles. The predicted molar refractivity (Wildman–Crippen MR) is 112 cm³/mol. The molecule has 0 saturated carbocycles. The number of guanidine groups is 1. The molecule has 1 aliphatic heterocycles. The Kier molecular flexibility index (Phi) is 6.62. The van der Waals surface area contributed by atoms with E-state index in [0.717, 1.165) is 49.4 Å². The lowest BCUT2D eigenvalue weighted by atomic mass is 10.1. The molecular weight excluding hydrogens is 352 g/mol. The van der Waals surface area contributed by atoms with Gasteiger partial charge in [0.05, 0.1) is 0 Å². The van der Waals surface area contributed by atoms with E-state index in [9.17, 15) is 0 Å². The lowest BCUT2D eigenvalue weighted by Crippen LogP contribution is -2.49. The normalized spacial score (nSPS) is 15.5. The zero-order valence-corrected chi connectivity index (χ0v) is 17.0. The van der Waals surface area contributed by atoms with Crippen molar-refractivity contribution in [1.82, 2.24) is 30.4 Å². The van der Waals surface area contributed by atoms with Crippen LogP contribution < -0.4 is 15.5 Å². The molecular formula is C20H30N8. The van der Waals surface area contributed by atoms with Crippen LogP contribution in [0, 0.1) is 13.8 Å². The van der Waals surface area contributed by atoms with Crippen molar-refractivity contribution >= 4 is 11.8 Å². The van der Waals surface area contributed by atoms with Crippen molar-refractivity contribution in [3.63, 3.8) is 0 Å². The summed E-state index contributed by atoms with van der Waals surface area (Å²) in [5.74, 6) is 3.57. The summed E-state index contributed by atoms with van der Waals surface area (Å²) in [5.41, 5.74) is 1.19. The molecule has 1 saturated heterocycles. The molecule has 0 bridgehead atoms. The predicted octanol–water partition coefficient (Wildman–Crippen LogP) is 1.72. The average Bonchev–Trinajstić information content (AvgIpc) is 3.03. The first-order chi connectivity index (χ1) is 13.6. The van der Waals surface area contributed by atoms with E-state index in [4.69, 9.17) is 0 Å². The third-order valence-corrected chi connectivity index (χ3v) is 5.03. The Morgan fingerprint density at radius 1 is 1.29 bits per heavy atom. The minimum absolute atomic E-state index is 0.374. The van der Waals surface area contributed by atoms with Crippen LogP contribution in [0.2, 0.25) is 0 Å². The van der Waals surface area contributed by atoms with Crippen LogP contribution in [0.1, 0.15) is 30.1 Å². The fourth-order valence-corrected chi connectivity index (χ4v) is 3.15. The molecule has 8 heteroatoms. The van der Waals surface area contributed by atoms with Crippen molar-refractivity contribution in [2.75, 3.05) is 24.5 Å². The molecule has 0 spiro atoms. The molecule has 0 radical (unpaired) electrons. The second-order valence-corrected chi connectivity index (χ2v) is 7.16. The van der Waals surface area contributed by atoms with Gasteiger partial charge in [0.2, 0.25) is 0 Å². The van der Waals surface area contributed by atoms with Gasteiger partial charge in [-0.2, -0.15) is 0 Å². The molecule has 150 valence electrons. The maximum absolute atomic E-state index is 4.68. The van der Waals surface area contributed by atoms with Gasteiger partial charge in [-0.3, -0.25) is 0 Å². The van der Waals surface area contributed by atoms with Gasteiger partial charge in [-0.1, -0.05) is 12.1 Å². The monoisotopic (exact) mass is 382 g/mol. The largest absolute Gasteiger partial charge is 0.356 e. The van der Waals surface area contributed by atoms with Crippen molar-refractivity contribution in [2.24, 2.45) is 12.0 Å². The van der Waals surface area contributed by atoms with Crippen LogP contribution in [-0.2, 0) is 13.6 Å². The summed E-state index contributed by atoms with van der Waals surface area (Å²) in [6.07, 6.45) is 5.83. The number of rotatable bonds is 6. The lowest BCUT2D eigenvalue weighted by molar-refractivity contribution is 0.459. The molecule has 0 aromatic carbocycles. The molecule has 0 unspecified atom stereocenters. The van der Waals surface area contributed by atoms with Crippen LogP contribution in [0.3, 0.4) is 0 Å². The smallest absolute Gasteiger partial charge is 0.192 e. The fraction of sp³-hybridized carbons (Fsp3) is 0.500. The van der Waals surface area contributed by atoms with Crippen LogP contribution in [0.15, 0.2) is 36.0 Å². The molecule has 3 heterocycles. The Hall–Kier alpha value is -2.90. The Morgan fingerprint density at radius 2 is 2.07 bits per heavy atom. The van der Waals surface area contributed by atoms with Gasteiger partial charge in [0.1, 0.15) is 18.2 Å². The van der Waals surface area contributed by atoms with Crippen LogP contribution in [0.25, 0.3) is 0 Å². The highest BCUT2D eigenvalue weighted by atomic mass is 15.3. The first-order valence-electron chi connectivity index (χ1n) is 9.75. The number of piperidine rings is 1. The summed E-state index contributed by atoms with van der Waals surface area (Å²) in [5, 5.41) is 15.1. The molecule has 0 amide bonds. The van der Waals surface area contributed by atoms with Gasteiger partial charge >= 0.3 is 0 Å². The standard InChI is InChI=1S/C20H30N8/c1-5-10-21-20(23-14-19-26-25-16(3)27(19)4)24-17-8-11-28(12-9-17)18-7-6-15(2)13-22-18/h5-7,13,17H,1,8-12,14H2,2-4H3,(H2,21,23,24). The summed E-state index contributed by atoms with van der Waals surface area (Å²) in [6.45, 7) is 10.9. The SMILES string of the molecule is C=CCNC(=NCc1nnc(C)n1C)NC1CCN(c2ccc(C)cn2)CC1. The average molecular weight is 383 g/mol. The number of hydrogen-bond donors (Lipinski definition) is 2. The maximum Gasteiger partial charge on any atom is 0.192 e. The van der Waals surface area contributed by atoms with Gasteiger partial charge in [-0.15, -0.1) is 16.8 Å². The molecule has 8 nitrogen and oxygen atoms in total. The first kappa shape index (κ1) is 19.9. The number of aromatic nitrogens is 4. The molecule has 2 N–H and O–H groups in total. The third-order valence-electron chi connectivity index (χ3n) is 5.03. The van der Waals surface area contributed by atoms with Gasteiger partial charge in [0, 0.05) is 38.9 Å². The molecule has 0 aliphatic carbocycles.